The van der Waals surface area contributed by atoms with Crippen LogP contribution in [0.1, 0.15) is 64.2 Å². The quantitative estimate of drug-likeness (QED) is 0.792. The van der Waals surface area contributed by atoms with Crippen molar-refractivity contribution in [1.82, 2.24) is 13.1 Å². The first-order valence-electron chi connectivity index (χ1n) is 9.42. The van der Waals surface area contributed by atoms with Gasteiger partial charge in [0.05, 0.1) is 16.6 Å². The number of benzene rings is 1. The number of hydrogen-bond donors (Lipinski definition) is 0. The van der Waals surface area contributed by atoms with E-state index in [2.05, 4.69) is 8.75 Å². The molecule has 0 bridgehead atoms. The van der Waals surface area contributed by atoms with Crippen LogP contribution in [0, 0.1) is 0 Å². The topological polar surface area (TPSA) is 63.2 Å². The largest absolute Gasteiger partial charge is 0.243 e. The molecule has 7 heteroatoms. The third-order valence-corrected chi connectivity index (χ3v) is 8.23. The highest BCUT2D eigenvalue weighted by molar-refractivity contribution is 7.89. The Morgan fingerprint density at radius 3 is 2.00 bits per heavy atom. The fraction of sp³-hybridized carbons (Fsp3) is 0.667. The van der Waals surface area contributed by atoms with Crippen molar-refractivity contribution in [3.05, 3.63) is 18.2 Å². The predicted octanol–water partition coefficient (Wildman–Crippen LogP) is 4.35. The Labute approximate surface area is 153 Å². The molecule has 1 heterocycles. The van der Waals surface area contributed by atoms with Crippen molar-refractivity contribution < 1.29 is 8.42 Å². The molecule has 0 N–H and O–H groups in total. The third-order valence-electron chi connectivity index (χ3n) is 5.67. The fourth-order valence-electron chi connectivity index (χ4n) is 4.41. The van der Waals surface area contributed by atoms with E-state index in [1.807, 2.05) is 4.31 Å². The molecule has 2 fully saturated rings. The lowest BCUT2D eigenvalue weighted by molar-refractivity contribution is 0.170. The Morgan fingerprint density at radius 2 is 1.40 bits per heavy atom. The molecular formula is C18H25N3O2S2. The highest BCUT2D eigenvalue weighted by Gasteiger charge is 2.38. The van der Waals surface area contributed by atoms with Gasteiger partial charge in [0, 0.05) is 12.1 Å². The monoisotopic (exact) mass is 379 g/mol. The van der Waals surface area contributed by atoms with E-state index in [9.17, 15) is 8.42 Å². The average Bonchev–Trinajstić information content (AvgIpc) is 3.11. The summed E-state index contributed by atoms with van der Waals surface area (Å²) < 4.78 is 37.5. The van der Waals surface area contributed by atoms with Gasteiger partial charge in [-0.1, -0.05) is 38.5 Å². The van der Waals surface area contributed by atoms with Crippen molar-refractivity contribution in [2.45, 2.75) is 81.2 Å². The normalized spacial score (nSPS) is 21.2. The number of fused-ring (bicyclic) bond motifs is 1. The van der Waals surface area contributed by atoms with Gasteiger partial charge in [-0.3, -0.25) is 0 Å². The van der Waals surface area contributed by atoms with Crippen molar-refractivity contribution in [1.29, 1.82) is 0 Å². The summed E-state index contributed by atoms with van der Waals surface area (Å²) in [7, 11) is -3.50. The first-order chi connectivity index (χ1) is 12.2. The number of aromatic nitrogens is 2. The number of rotatable bonds is 4. The van der Waals surface area contributed by atoms with Crippen molar-refractivity contribution >= 4 is 32.8 Å². The second-order valence-corrected chi connectivity index (χ2v) is 9.70. The molecule has 2 aromatic rings. The van der Waals surface area contributed by atoms with Gasteiger partial charge in [-0.25, -0.2) is 8.42 Å². The van der Waals surface area contributed by atoms with Crippen LogP contribution in [-0.4, -0.2) is 33.6 Å². The highest BCUT2D eigenvalue weighted by Crippen LogP contribution is 2.35. The molecule has 2 saturated carbocycles. The fourth-order valence-corrected chi connectivity index (χ4v) is 6.87. The van der Waals surface area contributed by atoms with Gasteiger partial charge in [0.2, 0.25) is 10.0 Å². The van der Waals surface area contributed by atoms with Gasteiger partial charge in [0.1, 0.15) is 11.0 Å². The molecule has 0 spiro atoms. The summed E-state index contributed by atoms with van der Waals surface area (Å²) >= 11 is 1.13. The summed E-state index contributed by atoms with van der Waals surface area (Å²) in [6, 6.07) is 5.51. The average molecular weight is 380 g/mol. The van der Waals surface area contributed by atoms with E-state index < -0.39 is 10.0 Å². The van der Waals surface area contributed by atoms with Crippen molar-refractivity contribution in [3.8, 4) is 0 Å². The van der Waals surface area contributed by atoms with Crippen LogP contribution >= 0.6 is 11.7 Å². The number of hydrogen-bond acceptors (Lipinski definition) is 5. The lowest BCUT2D eigenvalue weighted by Gasteiger charge is -2.40. The summed E-state index contributed by atoms with van der Waals surface area (Å²) in [5.74, 6) is 0. The van der Waals surface area contributed by atoms with E-state index in [-0.39, 0.29) is 12.1 Å². The van der Waals surface area contributed by atoms with Crippen molar-refractivity contribution in [2.75, 3.05) is 0 Å². The minimum absolute atomic E-state index is 0.158. The molecule has 2 aliphatic rings. The smallest absolute Gasteiger partial charge is 0.207 e. The molecule has 1 aromatic carbocycles. The molecule has 0 amide bonds. The molecule has 0 atom stereocenters. The lowest BCUT2D eigenvalue weighted by atomic mass is 9.91. The molecule has 136 valence electrons. The SMILES string of the molecule is O=S(=O)(c1ccc2nsnc2c1)N(C1CCCCC1)C1CCCCC1. The predicted molar refractivity (Wildman–Crippen MR) is 100 cm³/mol. The molecule has 0 unspecified atom stereocenters. The second kappa shape index (κ2) is 7.29. The second-order valence-electron chi connectivity index (χ2n) is 7.33. The number of nitrogens with zero attached hydrogens (tertiary/aromatic N) is 3. The molecule has 0 aliphatic heterocycles. The number of sulfonamides is 1. The van der Waals surface area contributed by atoms with Gasteiger partial charge in [-0.05, 0) is 43.9 Å². The van der Waals surface area contributed by atoms with Crippen LogP contribution in [0.4, 0.5) is 0 Å². The molecule has 25 heavy (non-hydrogen) atoms. The van der Waals surface area contributed by atoms with E-state index in [0.717, 1.165) is 68.6 Å². The minimum atomic E-state index is -3.50. The Bertz CT molecular complexity index is 804. The van der Waals surface area contributed by atoms with E-state index in [1.54, 1.807) is 18.2 Å². The van der Waals surface area contributed by atoms with Crippen LogP contribution in [0.15, 0.2) is 23.1 Å². The zero-order chi connectivity index (χ0) is 17.3. The zero-order valence-corrected chi connectivity index (χ0v) is 16.1. The lowest BCUT2D eigenvalue weighted by Crippen LogP contribution is -2.48. The zero-order valence-electron chi connectivity index (χ0n) is 14.4. The Kier molecular flexibility index (Phi) is 5.06. The Hall–Kier alpha value is -1.05. The van der Waals surface area contributed by atoms with Crippen LogP contribution < -0.4 is 0 Å². The Balaban J connectivity index is 1.72. The maximum Gasteiger partial charge on any atom is 0.243 e. The molecule has 5 nitrogen and oxygen atoms in total. The molecule has 1 aromatic heterocycles. The van der Waals surface area contributed by atoms with Gasteiger partial charge in [0.25, 0.3) is 0 Å². The summed E-state index contributed by atoms with van der Waals surface area (Å²) in [5, 5.41) is 0. The molecular weight excluding hydrogens is 354 g/mol. The maximum atomic E-state index is 13.6. The molecule has 0 radical (unpaired) electrons. The van der Waals surface area contributed by atoms with Crippen LogP contribution in [0.5, 0.6) is 0 Å². The van der Waals surface area contributed by atoms with Crippen molar-refractivity contribution in [3.63, 3.8) is 0 Å². The standard InChI is InChI=1S/C18H25N3O2S2/c22-25(23,16-11-12-17-18(13-16)20-24-19-17)21(14-7-3-1-4-8-14)15-9-5-2-6-10-15/h11-15H,1-10H2. The van der Waals surface area contributed by atoms with E-state index in [0.29, 0.717) is 10.4 Å². The van der Waals surface area contributed by atoms with Gasteiger partial charge in [-0.2, -0.15) is 13.1 Å². The van der Waals surface area contributed by atoms with E-state index in [1.165, 1.54) is 12.8 Å². The van der Waals surface area contributed by atoms with E-state index in [4.69, 9.17) is 0 Å². The third kappa shape index (κ3) is 3.46. The minimum Gasteiger partial charge on any atom is -0.207 e. The van der Waals surface area contributed by atoms with Crippen LogP contribution in [0.3, 0.4) is 0 Å². The molecule has 0 saturated heterocycles. The Morgan fingerprint density at radius 1 is 0.840 bits per heavy atom. The first-order valence-corrected chi connectivity index (χ1v) is 11.6. The van der Waals surface area contributed by atoms with Crippen LogP contribution in [-0.2, 0) is 10.0 Å². The summed E-state index contributed by atoms with van der Waals surface area (Å²) in [5.41, 5.74) is 1.45. The summed E-state index contributed by atoms with van der Waals surface area (Å²) in [4.78, 5) is 0.379. The molecule has 2 aliphatic carbocycles. The van der Waals surface area contributed by atoms with Gasteiger partial charge in [-0.15, -0.1) is 0 Å². The van der Waals surface area contributed by atoms with Crippen molar-refractivity contribution in [2.24, 2.45) is 0 Å². The maximum absolute atomic E-state index is 13.6. The van der Waals surface area contributed by atoms with E-state index >= 15 is 0 Å². The van der Waals surface area contributed by atoms with Gasteiger partial charge in [0.15, 0.2) is 0 Å². The molecule has 4 rings (SSSR count). The summed E-state index contributed by atoms with van der Waals surface area (Å²) in [6.07, 6.45) is 11.0. The van der Waals surface area contributed by atoms with Crippen LogP contribution in [0.2, 0.25) is 0 Å². The van der Waals surface area contributed by atoms with Gasteiger partial charge < -0.3 is 0 Å². The highest BCUT2D eigenvalue weighted by atomic mass is 32.2. The van der Waals surface area contributed by atoms with Gasteiger partial charge >= 0.3 is 0 Å². The van der Waals surface area contributed by atoms with Crippen LogP contribution in [0.25, 0.3) is 11.0 Å². The summed E-state index contributed by atoms with van der Waals surface area (Å²) in [6.45, 7) is 0. The first kappa shape index (κ1) is 17.4.